The van der Waals surface area contributed by atoms with Crippen molar-refractivity contribution in [2.24, 2.45) is 5.11 Å². The Morgan fingerprint density at radius 1 is 0.268 bits per heavy atom. The largest absolute Gasteiger partial charge is 0.463 e. The first kappa shape index (κ1) is 105. The first-order valence-corrected chi connectivity index (χ1v) is 40.2. The highest BCUT2D eigenvalue weighted by Crippen LogP contribution is 2.43. The third-order valence-electron chi connectivity index (χ3n) is 21.1. The molecular weight excluding hydrogens is 1710 g/mol. The highest BCUT2D eigenvalue weighted by molar-refractivity contribution is 5.89. The molecule has 48 heteroatoms. The summed E-state index contributed by atoms with van der Waals surface area (Å²) < 4.78 is 217. The molecule has 0 aliphatic carbocycles. The summed E-state index contributed by atoms with van der Waals surface area (Å²) in [6, 6.07) is 6.47. The van der Waals surface area contributed by atoms with Crippen molar-refractivity contribution >= 4 is 59.7 Å². The van der Waals surface area contributed by atoms with Crippen LogP contribution in [0.2, 0.25) is 0 Å². The topological polar surface area (TPSA) is 543 Å². The summed E-state index contributed by atoms with van der Waals surface area (Å²) in [5.74, 6) is -9.19. The summed E-state index contributed by atoms with van der Waals surface area (Å²) >= 11 is 0. The number of nitrogens with zero attached hydrogens (tertiary/aromatic N) is 3. The lowest BCUT2D eigenvalue weighted by atomic mass is 9.94. The fraction of sp³-hybridized carbons (Fsp3) is 0.797. The Labute approximate surface area is 731 Å². The van der Waals surface area contributed by atoms with Crippen molar-refractivity contribution in [2.75, 3.05) is 132 Å². The Kier molecular flexibility index (Phi) is 41.7. The van der Waals surface area contributed by atoms with Gasteiger partial charge in [0.15, 0.2) is 68.3 Å². The van der Waals surface area contributed by atoms with Crippen molar-refractivity contribution in [1.82, 2.24) is 0 Å². The fourth-order valence-electron chi connectivity index (χ4n) is 16.0. The number of methoxy groups -OCH3 is 12. The Bertz CT molecular complexity index is 3740. The van der Waals surface area contributed by atoms with Crippen molar-refractivity contribution in [2.45, 2.75) is 277 Å². The van der Waals surface area contributed by atoms with Gasteiger partial charge in [-0.2, -0.15) is 0 Å². The molecule has 127 heavy (non-hydrogen) atoms. The molecule has 1 aromatic carbocycles. The Balaban J connectivity index is 1.11. The minimum absolute atomic E-state index is 0.0941. The molecule has 35 atom stereocenters. The van der Waals surface area contributed by atoms with Gasteiger partial charge in [0.1, 0.15) is 167 Å². The molecule has 1 aromatic rings. The average molecular weight is 1830 g/mol. The van der Waals surface area contributed by atoms with E-state index in [9.17, 15) is 53.5 Å². The number of azide groups is 1. The second-order valence-corrected chi connectivity index (χ2v) is 29.6. The number of benzene rings is 1. The summed E-state index contributed by atoms with van der Waals surface area (Å²) in [7, 11) is 16.2. The normalized spacial score (nSPS) is 36.7. The first-order valence-electron chi connectivity index (χ1n) is 40.2. The van der Waals surface area contributed by atoms with E-state index >= 15 is 0 Å². The number of esters is 10. The van der Waals surface area contributed by atoms with E-state index in [0.29, 0.717) is 0 Å². The van der Waals surface area contributed by atoms with Gasteiger partial charge in [0, 0.05) is 153 Å². The van der Waals surface area contributed by atoms with E-state index in [0.717, 1.165) is 55.4 Å². The van der Waals surface area contributed by atoms with Gasteiger partial charge < -0.3 is 166 Å². The number of hydrogen-bond acceptors (Lipinski definition) is 46. The highest BCUT2D eigenvalue weighted by atomic mass is 16.8. The molecule has 0 N–H and O–H groups in total. The number of carbonyl (C=O) groups is 10. The molecule has 7 heterocycles. The second kappa shape index (κ2) is 50.6. The van der Waals surface area contributed by atoms with Gasteiger partial charge in [-0.25, -0.2) is 4.79 Å². The van der Waals surface area contributed by atoms with Gasteiger partial charge >= 0.3 is 59.7 Å². The van der Waals surface area contributed by atoms with Gasteiger partial charge in [-0.3, -0.25) is 43.2 Å². The van der Waals surface area contributed by atoms with E-state index in [2.05, 4.69) is 10.0 Å². The summed E-state index contributed by atoms with van der Waals surface area (Å²) in [4.78, 5) is 133. The minimum atomic E-state index is -2.03. The lowest BCUT2D eigenvalue weighted by molar-refractivity contribution is -0.402. The summed E-state index contributed by atoms with van der Waals surface area (Å²) in [5.41, 5.74) is 9.78. The lowest BCUT2D eigenvalue weighted by Crippen LogP contribution is -2.69. The van der Waals surface area contributed by atoms with Crippen LogP contribution in [0, 0.1) is 0 Å². The first-order chi connectivity index (χ1) is 60.7. The second-order valence-electron chi connectivity index (χ2n) is 29.6. The molecule has 7 aliphatic heterocycles. The van der Waals surface area contributed by atoms with Crippen LogP contribution in [0.15, 0.2) is 35.4 Å². The lowest BCUT2D eigenvalue weighted by Gasteiger charge is -2.52. The van der Waals surface area contributed by atoms with Crippen molar-refractivity contribution in [3.05, 3.63) is 46.3 Å². The zero-order valence-corrected chi connectivity index (χ0v) is 74.3. The molecule has 0 saturated carbocycles. The summed E-state index contributed by atoms with van der Waals surface area (Å²) in [6.45, 7) is 5.94. The maximum absolute atomic E-state index is 14.1. The molecule has 8 rings (SSSR count). The fourth-order valence-corrected chi connectivity index (χ4v) is 16.0. The average Bonchev–Trinajstić information content (AvgIpc) is 0.754. The van der Waals surface area contributed by atoms with Crippen LogP contribution >= 0.6 is 0 Å². The van der Waals surface area contributed by atoms with E-state index in [-0.39, 0.29) is 25.4 Å². The quantitative estimate of drug-likeness (QED) is 0.0271. The molecule has 19 unspecified atom stereocenters. The molecule has 0 radical (unpaired) electrons. The standard InChI is InChI=1S/C79H117N3O45/c1-34(83)105-30-47-52(59(96-13)51(81-82-80)73(115-47)114-42(9)91)122-74-66(101-18)60(97-14)53(44(116-74)27-93-10)123-75-67(102-19)61(98-15)54(45(117-75)28-94-11)124-76-68(103-20)62(99-16)55(46(118-76)29-95-12)125-77-69(104-21)63(100-17)56(50(119-77)33-108-72(92)43-25-23-22-24-26-43)126-78-71(113-41(8)90)65(111-39(6)88)58(49(121-78)32-107-36(3)85)127-79-70(112-40(7)89)64(110-38(5)87)57(109-37(4)86)48(120-79)31-106-35(2)84/h22-26,44-71,73-79H,27-33H2,1-21H3/t44?,45?,46?,47?,48?,49?,50?,51-,52+,53-,54-,55+,56+,57-,58-,59?,60?,61?,62?,63?,64?,65?,66?,67?,68-,69-,70?,71?,73?,74-,75-,76+,77+,78-,79-/m1/s1. The van der Waals surface area contributed by atoms with Crippen LogP contribution in [-0.4, -0.2) is 406 Å². The van der Waals surface area contributed by atoms with E-state index in [1.807, 2.05) is 0 Å². The molecule has 7 aliphatic rings. The van der Waals surface area contributed by atoms with Gasteiger partial charge in [-0.1, -0.05) is 23.3 Å². The molecular formula is C79H117N3O45. The number of carbonyl (C=O) groups excluding carboxylic acids is 10. The van der Waals surface area contributed by atoms with Crippen molar-refractivity contribution < 1.29 is 214 Å². The smallest absolute Gasteiger partial charge is 0.338 e. The van der Waals surface area contributed by atoms with E-state index in [1.54, 1.807) is 18.2 Å². The molecule has 718 valence electrons. The molecule has 0 bridgehead atoms. The van der Waals surface area contributed by atoms with Crippen molar-refractivity contribution in [3.8, 4) is 0 Å². The predicted octanol–water partition coefficient (Wildman–Crippen LogP) is -0.107. The predicted molar refractivity (Wildman–Crippen MR) is 412 cm³/mol. The molecule has 7 fully saturated rings. The molecule has 0 amide bonds. The van der Waals surface area contributed by atoms with Gasteiger partial charge in [-0.05, 0) is 17.7 Å². The Morgan fingerprint density at radius 3 is 0.780 bits per heavy atom. The van der Waals surface area contributed by atoms with E-state index in [1.165, 1.54) is 104 Å². The van der Waals surface area contributed by atoms with Crippen LogP contribution in [-0.2, 0) is 209 Å². The number of hydrogen-bond donors (Lipinski definition) is 0. The number of ether oxygens (including phenoxy) is 35. The van der Waals surface area contributed by atoms with Gasteiger partial charge in [0.25, 0.3) is 0 Å². The zero-order chi connectivity index (χ0) is 93.2. The molecule has 48 nitrogen and oxygen atoms in total. The van der Waals surface area contributed by atoms with Crippen LogP contribution in [0.3, 0.4) is 0 Å². The molecule has 0 aromatic heterocycles. The molecule has 0 spiro atoms. The van der Waals surface area contributed by atoms with Crippen LogP contribution < -0.4 is 0 Å². The van der Waals surface area contributed by atoms with Crippen LogP contribution in [0.5, 0.6) is 0 Å². The van der Waals surface area contributed by atoms with Crippen LogP contribution in [0.4, 0.5) is 0 Å². The SMILES string of the molecule is COCC1O[C@H](O[C@H]2C(COC(C)=O)OC(OC(C)=O)[C@H](N=[N+]=[N-])C2OC)C(OC)C(OC)[C@@H]1O[C@H]1OC(COC)[C@@H](O[C@@H]2OC(COC)[C@H](O[C@@H]3OC(COC(=O)c4ccccc4)[C@H](O[C@H]4OC(COC(C)=O)[C@@H](O[C@H]5OC(COC(C)=O)[C@@H](OC(C)=O)C(OC(C)=O)C5OC(C)=O)C(OC(C)=O)C4OC(C)=O)C(OC)[C@H]3OC)C(OC)[C@H]2OC)C(OC)C1OC. The maximum atomic E-state index is 14.1. The summed E-state index contributed by atoms with van der Waals surface area (Å²) in [5, 5.41) is 3.83. The van der Waals surface area contributed by atoms with Crippen LogP contribution in [0.1, 0.15) is 72.7 Å². The van der Waals surface area contributed by atoms with Crippen LogP contribution in [0.25, 0.3) is 10.4 Å². The Morgan fingerprint density at radius 2 is 0.504 bits per heavy atom. The van der Waals surface area contributed by atoms with Gasteiger partial charge in [0.2, 0.25) is 6.29 Å². The van der Waals surface area contributed by atoms with Gasteiger partial charge in [0.05, 0.1) is 25.4 Å². The summed E-state index contributed by atoms with van der Waals surface area (Å²) in [6.07, 6.45) is -50.4. The van der Waals surface area contributed by atoms with E-state index < -0.39 is 301 Å². The van der Waals surface area contributed by atoms with E-state index in [4.69, 9.17) is 166 Å². The third-order valence-corrected chi connectivity index (χ3v) is 21.1. The maximum Gasteiger partial charge on any atom is 0.338 e. The zero-order valence-electron chi connectivity index (χ0n) is 74.3. The number of rotatable bonds is 43. The third kappa shape index (κ3) is 27.2. The molecule has 7 saturated heterocycles. The monoisotopic (exact) mass is 1830 g/mol. The van der Waals surface area contributed by atoms with Gasteiger partial charge in [-0.15, -0.1) is 0 Å². The minimum Gasteiger partial charge on any atom is -0.463 e. The Hall–Kier alpha value is -7.77. The highest BCUT2D eigenvalue weighted by Gasteiger charge is 2.63. The van der Waals surface area contributed by atoms with Crippen molar-refractivity contribution in [3.63, 3.8) is 0 Å². The van der Waals surface area contributed by atoms with Crippen molar-refractivity contribution in [1.29, 1.82) is 0 Å².